The van der Waals surface area contributed by atoms with Crippen molar-refractivity contribution in [3.63, 3.8) is 0 Å². The Morgan fingerprint density at radius 3 is 2.61 bits per heavy atom. The summed E-state index contributed by atoms with van der Waals surface area (Å²) in [6.45, 7) is 0.0876. The van der Waals surface area contributed by atoms with E-state index in [4.69, 9.17) is 16.5 Å². The zero-order chi connectivity index (χ0) is 27.4. The van der Waals surface area contributed by atoms with E-state index >= 15 is 4.39 Å². The molecule has 3 heterocycles. The predicted octanol–water partition coefficient (Wildman–Crippen LogP) is 2.97. The summed E-state index contributed by atoms with van der Waals surface area (Å²) < 4.78 is 26.9. The second-order valence-electron chi connectivity index (χ2n) is 8.25. The number of hydrogen-bond donors (Lipinski definition) is 1. The number of aromatic nitrogens is 2. The summed E-state index contributed by atoms with van der Waals surface area (Å²) in [7, 11) is 2.60. The summed E-state index contributed by atoms with van der Waals surface area (Å²) in [4.78, 5) is 56.0. The molecule has 1 aromatic carbocycles. The van der Waals surface area contributed by atoms with Crippen molar-refractivity contribution >= 4 is 41.2 Å². The highest BCUT2D eigenvalue weighted by molar-refractivity contribution is 6.36. The van der Waals surface area contributed by atoms with Crippen LogP contribution >= 0.6 is 11.8 Å². The van der Waals surface area contributed by atoms with Gasteiger partial charge in [-0.15, -0.1) is 0 Å². The quantitative estimate of drug-likeness (QED) is 0.374. The van der Waals surface area contributed by atoms with Crippen LogP contribution in [-0.4, -0.2) is 65.3 Å². The Morgan fingerprint density at radius 2 is 1.95 bits per heavy atom. The topological polar surface area (TPSA) is 123 Å². The number of likely N-dealkylation sites (tertiary alicyclic amines) is 1. The van der Waals surface area contributed by atoms with E-state index in [1.807, 2.05) is 0 Å². The lowest BCUT2D eigenvalue weighted by Gasteiger charge is -2.26. The maximum absolute atomic E-state index is 15.0. The van der Waals surface area contributed by atoms with Crippen LogP contribution in [0.5, 0.6) is 0 Å². The SMILES string of the molecule is COC(=O)c1cccn(-c2ccc(NC(=O)C3CC(OC)CN3C(=O)N(Cl)c3ccccn3)c(F)c2)c1=O. The number of nitrogens with zero attached hydrogens (tertiary/aromatic N) is 4. The van der Waals surface area contributed by atoms with Crippen LogP contribution in [-0.2, 0) is 14.3 Å². The molecule has 1 aliphatic rings. The van der Waals surface area contributed by atoms with Crippen molar-refractivity contribution in [1.82, 2.24) is 14.5 Å². The van der Waals surface area contributed by atoms with Crippen LogP contribution in [0.3, 0.4) is 0 Å². The average Bonchev–Trinajstić information content (AvgIpc) is 3.38. The third-order valence-electron chi connectivity index (χ3n) is 6.00. The van der Waals surface area contributed by atoms with E-state index < -0.39 is 41.4 Å². The van der Waals surface area contributed by atoms with Gasteiger partial charge in [0, 0.05) is 50.3 Å². The highest BCUT2D eigenvalue weighted by Crippen LogP contribution is 2.26. The first-order chi connectivity index (χ1) is 18.2. The maximum Gasteiger partial charge on any atom is 0.343 e. The monoisotopic (exact) mass is 543 g/mol. The third kappa shape index (κ3) is 5.36. The normalized spacial score (nSPS) is 16.7. The second-order valence-corrected chi connectivity index (χ2v) is 8.59. The van der Waals surface area contributed by atoms with Crippen LogP contribution < -0.4 is 15.3 Å². The van der Waals surface area contributed by atoms with Crippen LogP contribution in [0.1, 0.15) is 16.8 Å². The van der Waals surface area contributed by atoms with E-state index in [0.717, 1.165) is 22.2 Å². The number of benzene rings is 1. The number of carbonyl (C=O) groups is 3. The maximum atomic E-state index is 15.0. The predicted molar refractivity (Wildman–Crippen MR) is 136 cm³/mol. The zero-order valence-electron chi connectivity index (χ0n) is 20.3. The Balaban J connectivity index is 1.55. The molecular formula is C25H23ClFN5O6. The number of methoxy groups -OCH3 is 2. The Hall–Kier alpha value is -4.29. The molecule has 0 radical (unpaired) electrons. The molecule has 2 aromatic heterocycles. The van der Waals surface area contributed by atoms with E-state index in [0.29, 0.717) is 0 Å². The van der Waals surface area contributed by atoms with E-state index in [-0.39, 0.29) is 35.7 Å². The van der Waals surface area contributed by atoms with Crippen molar-refractivity contribution in [2.24, 2.45) is 0 Å². The molecular weight excluding hydrogens is 521 g/mol. The van der Waals surface area contributed by atoms with Crippen molar-refractivity contribution in [2.45, 2.75) is 18.6 Å². The summed E-state index contributed by atoms with van der Waals surface area (Å²) >= 11 is 6.20. The summed E-state index contributed by atoms with van der Waals surface area (Å²) in [5.41, 5.74) is -0.955. The number of amides is 3. The molecule has 1 fully saturated rings. The van der Waals surface area contributed by atoms with Crippen LogP contribution in [0.25, 0.3) is 5.69 Å². The first-order valence-corrected chi connectivity index (χ1v) is 11.7. The minimum atomic E-state index is -1.00. The Morgan fingerprint density at radius 1 is 1.16 bits per heavy atom. The number of anilines is 2. The highest BCUT2D eigenvalue weighted by atomic mass is 35.5. The van der Waals surface area contributed by atoms with Crippen molar-refractivity contribution in [3.8, 4) is 5.69 Å². The second kappa shape index (κ2) is 11.4. The van der Waals surface area contributed by atoms with Crippen molar-refractivity contribution in [2.75, 3.05) is 30.5 Å². The number of urea groups is 1. The Kier molecular flexibility index (Phi) is 8.03. The number of rotatable bonds is 6. The smallest absolute Gasteiger partial charge is 0.343 e. The van der Waals surface area contributed by atoms with Crippen molar-refractivity contribution in [3.05, 3.63) is 82.7 Å². The molecule has 11 nitrogen and oxygen atoms in total. The van der Waals surface area contributed by atoms with Gasteiger partial charge in [0.05, 0.1) is 24.6 Å². The van der Waals surface area contributed by atoms with Crippen LogP contribution in [0.4, 0.5) is 20.7 Å². The summed E-state index contributed by atoms with van der Waals surface area (Å²) in [5.74, 6) is -2.14. The van der Waals surface area contributed by atoms with Gasteiger partial charge in [-0.1, -0.05) is 6.07 Å². The first kappa shape index (κ1) is 26.8. The molecule has 3 aromatic rings. The molecule has 38 heavy (non-hydrogen) atoms. The van der Waals surface area contributed by atoms with Gasteiger partial charge in [0.2, 0.25) is 5.91 Å². The molecule has 1 N–H and O–H groups in total. The number of hydrogen-bond acceptors (Lipinski definition) is 7. The molecule has 3 amide bonds. The minimum Gasteiger partial charge on any atom is -0.465 e. The van der Waals surface area contributed by atoms with Gasteiger partial charge >= 0.3 is 12.0 Å². The number of halogens is 2. The van der Waals surface area contributed by atoms with E-state index in [9.17, 15) is 19.2 Å². The minimum absolute atomic E-state index is 0.0876. The lowest BCUT2D eigenvalue weighted by Crippen LogP contribution is -2.47. The number of carbonyl (C=O) groups excluding carboxylic acids is 3. The van der Waals surface area contributed by atoms with Crippen LogP contribution in [0.15, 0.2) is 65.7 Å². The highest BCUT2D eigenvalue weighted by Gasteiger charge is 2.42. The fourth-order valence-corrected chi connectivity index (χ4v) is 4.24. The Bertz CT molecular complexity index is 1420. The van der Waals surface area contributed by atoms with Gasteiger partial charge in [0.1, 0.15) is 17.4 Å². The molecule has 4 rings (SSSR count). The number of nitrogens with one attached hydrogen (secondary N) is 1. The summed E-state index contributed by atoms with van der Waals surface area (Å²) in [6, 6.07) is 9.62. The molecule has 2 unspecified atom stereocenters. The molecule has 0 spiro atoms. The lowest BCUT2D eigenvalue weighted by atomic mass is 10.1. The van der Waals surface area contributed by atoms with Crippen molar-refractivity contribution in [1.29, 1.82) is 0 Å². The molecule has 0 bridgehead atoms. The fourth-order valence-electron chi connectivity index (χ4n) is 4.04. The number of pyridine rings is 2. The molecule has 1 aliphatic heterocycles. The largest absolute Gasteiger partial charge is 0.465 e. The first-order valence-electron chi connectivity index (χ1n) is 11.4. The Labute approximate surface area is 221 Å². The van der Waals surface area contributed by atoms with Crippen LogP contribution in [0.2, 0.25) is 0 Å². The van der Waals surface area contributed by atoms with Gasteiger partial charge in [0.25, 0.3) is 5.56 Å². The summed E-state index contributed by atoms with van der Waals surface area (Å²) in [6.07, 6.45) is 2.56. The fraction of sp³-hybridized carbons (Fsp3) is 0.240. The molecule has 198 valence electrons. The molecule has 0 aliphatic carbocycles. The zero-order valence-corrected chi connectivity index (χ0v) is 21.1. The van der Waals surface area contributed by atoms with E-state index in [2.05, 4.69) is 15.0 Å². The number of esters is 1. The lowest BCUT2D eigenvalue weighted by molar-refractivity contribution is -0.119. The average molecular weight is 544 g/mol. The van der Waals surface area contributed by atoms with Gasteiger partial charge in [0.15, 0.2) is 5.82 Å². The summed E-state index contributed by atoms with van der Waals surface area (Å²) in [5, 5.41) is 2.49. The van der Waals surface area contributed by atoms with E-state index in [1.54, 1.807) is 12.1 Å². The van der Waals surface area contributed by atoms with Crippen molar-refractivity contribution < 1.29 is 28.2 Å². The van der Waals surface area contributed by atoms with Gasteiger partial charge in [-0.3, -0.25) is 14.2 Å². The van der Waals surface area contributed by atoms with Gasteiger partial charge < -0.3 is 19.7 Å². The third-order valence-corrected chi connectivity index (χ3v) is 6.32. The number of ether oxygens (including phenoxy) is 2. The molecule has 1 saturated heterocycles. The molecule has 0 saturated carbocycles. The molecule has 13 heteroatoms. The standard InChI is InChI=1S/C25H23ClFN5O6/c1-37-16-13-20(31(14-16)25(36)32(26)21-7-3-4-10-28-21)22(33)29-19-9-8-15(12-18(19)27)30-11-5-6-17(23(30)34)24(35)38-2/h3-12,16,20H,13-14H2,1-2H3,(H,29,33). The molecule has 2 atom stereocenters. The van der Waals surface area contributed by atoms with Gasteiger partial charge in [-0.05, 0) is 36.4 Å². The van der Waals surface area contributed by atoms with E-state index in [1.165, 1.54) is 54.7 Å². The van der Waals surface area contributed by atoms with Gasteiger partial charge in [-0.2, -0.15) is 4.42 Å². The van der Waals surface area contributed by atoms with Crippen LogP contribution in [0, 0.1) is 5.82 Å². The van der Waals surface area contributed by atoms with Gasteiger partial charge in [-0.25, -0.2) is 19.0 Å².